The van der Waals surface area contributed by atoms with Gasteiger partial charge in [0, 0.05) is 0 Å². The van der Waals surface area contributed by atoms with Crippen LogP contribution in [-0.4, -0.2) is 54.7 Å². The average molecular weight is 269 g/mol. The number of imidazole rings is 1. The first-order valence-corrected chi connectivity index (χ1v) is 5.65. The molecule has 19 heavy (non-hydrogen) atoms. The van der Waals surface area contributed by atoms with Crippen LogP contribution in [0.5, 0.6) is 0 Å². The van der Waals surface area contributed by atoms with Gasteiger partial charge in [0.2, 0.25) is 0 Å². The topological polar surface area (TPSA) is 119 Å². The van der Waals surface area contributed by atoms with Crippen LogP contribution in [0.25, 0.3) is 11.2 Å². The molecule has 3 heterocycles. The molecule has 4 atom stereocenters. The Bertz CT molecular complexity index is 606. The van der Waals surface area contributed by atoms with Crippen LogP contribution in [-0.2, 0) is 4.74 Å². The molecule has 1 aliphatic rings. The Morgan fingerprint density at radius 2 is 2.21 bits per heavy atom. The first kappa shape index (κ1) is 12.2. The number of aromatic nitrogens is 4. The van der Waals surface area contributed by atoms with Gasteiger partial charge in [0.1, 0.15) is 24.1 Å². The summed E-state index contributed by atoms with van der Waals surface area (Å²) in [7, 11) is 0. The van der Waals surface area contributed by atoms with Crippen molar-refractivity contribution in [3.8, 4) is 0 Å². The fraction of sp³-hybridized carbons (Fsp3) is 0.500. The molecule has 0 amide bonds. The molecule has 102 valence electrons. The number of nitrogens with zero attached hydrogens (tertiary/aromatic N) is 4. The zero-order valence-electron chi connectivity index (χ0n) is 9.72. The van der Waals surface area contributed by atoms with Gasteiger partial charge in [0.15, 0.2) is 23.9 Å². The zero-order chi connectivity index (χ0) is 13.6. The van der Waals surface area contributed by atoms with E-state index in [2.05, 4.69) is 15.0 Å². The molecule has 4 N–H and O–H groups in total. The largest absolute Gasteiger partial charge is 0.394 e. The van der Waals surface area contributed by atoms with E-state index in [0.29, 0.717) is 11.2 Å². The molecule has 0 bridgehead atoms. The molecule has 0 aromatic carbocycles. The zero-order valence-corrected chi connectivity index (χ0v) is 9.72. The maximum atomic E-state index is 13.7. The summed E-state index contributed by atoms with van der Waals surface area (Å²) in [5, 5.41) is 18.8. The van der Waals surface area contributed by atoms with Crippen molar-refractivity contribution in [3.63, 3.8) is 0 Å². The Morgan fingerprint density at radius 3 is 2.89 bits per heavy atom. The van der Waals surface area contributed by atoms with Gasteiger partial charge in [0.25, 0.3) is 0 Å². The molecular formula is C10H12FN5O3. The van der Waals surface area contributed by atoms with Crippen LogP contribution >= 0.6 is 0 Å². The molecule has 0 radical (unpaired) electrons. The minimum Gasteiger partial charge on any atom is -0.394 e. The molecule has 1 aliphatic heterocycles. The van der Waals surface area contributed by atoms with Crippen molar-refractivity contribution < 1.29 is 19.3 Å². The highest BCUT2D eigenvalue weighted by molar-refractivity contribution is 5.81. The molecule has 2 aromatic rings. The molecule has 2 aromatic heterocycles. The highest BCUT2D eigenvalue weighted by Crippen LogP contribution is 2.33. The summed E-state index contributed by atoms with van der Waals surface area (Å²) < 4.78 is 20.3. The van der Waals surface area contributed by atoms with Crippen LogP contribution in [0.4, 0.5) is 10.2 Å². The number of alkyl halides is 1. The van der Waals surface area contributed by atoms with Gasteiger partial charge in [-0.15, -0.1) is 0 Å². The quantitative estimate of drug-likeness (QED) is 0.639. The Hall–Kier alpha value is -1.84. The van der Waals surface area contributed by atoms with Crippen molar-refractivity contribution >= 4 is 17.0 Å². The summed E-state index contributed by atoms with van der Waals surface area (Å²) in [6, 6.07) is 0. The normalized spacial score (nSPS) is 31.1. The van der Waals surface area contributed by atoms with E-state index in [9.17, 15) is 9.50 Å². The van der Waals surface area contributed by atoms with Crippen molar-refractivity contribution in [1.29, 1.82) is 0 Å². The Morgan fingerprint density at radius 1 is 1.42 bits per heavy atom. The van der Waals surface area contributed by atoms with E-state index < -0.39 is 31.2 Å². The van der Waals surface area contributed by atoms with Crippen LogP contribution in [0, 0.1) is 0 Å². The molecule has 9 heteroatoms. The van der Waals surface area contributed by atoms with Crippen molar-refractivity contribution in [2.75, 3.05) is 12.3 Å². The molecule has 0 aliphatic carbocycles. The fourth-order valence-corrected chi connectivity index (χ4v) is 2.14. The van der Waals surface area contributed by atoms with Crippen LogP contribution < -0.4 is 5.73 Å². The smallest absolute Gasteiger partial charge is 0.167 e. The number of nitrogens with two attached hydrogens (primary N) is 1. The molecule has 0 saturated carbocycles. The molecule has 1 fully saturated rings. The number of hydrogen-bond donors (Lipinski definition) is 3. The number of fused-ring (bicyclic) bond motifs is 1. The Balaban J connectivity index is 2.04. The highest BCUT2D eigenvalue weighted by Gasteiger charge is 2.45. The number of ether oxygens (including phenoxy) is 1. The van der Waals surface area contributed by atoms with Crippen LogP contribution in [0.1, 0.15) is 6.23 Å². The molecule has 0 spiro atoms. The predicted octanol–water partition coefficient (Wildman–Crippen LogP) is -1.00. The van der Waals surface area contributed by atoms with Crippen LogP contribution in [0.15, 0.2) is 12.7 Å². The maximum absolute atomic E-state index is 13.7. The highest BCUT2D eigenvalue weighted by atomic mass is 19.1. The number of anilines is 1. The number of aliphatic hydroxyl groups excluding tert-OH is 2. The standard InChI is InChI=1S/C10H12FN5O3/c11-5-4(1-17)19-10(7(5)18)16-3-15-6-8(12)13-2-14-9(6)16/h2-5,7,10,17-18H,1H2,(H2,12,13,14)/t4-,5+,7-,10-/m0/s1. The van der Waals surface area contributed by atoms with E-state index >= 15 is 0 Å². The van der Waals surface area contributed by atoms with E-state index in [-0.39, 0.29) is 5.82 Å². The van der Waals surface area contributed by atoms with Crippen LogP contribution in [0.2, 0.25) is 0 Å². The first-order chi connectivity index (χ1) is 9.13. The fourth-order valence-electron chi connectivity index (χ4n) is 2.14. The van der Waals surface area contributed by atoms with Gasteiger partial charge in [-0.2, -0.15) is 0 Å². The third-order valence-corrected chi connectivity index (χ3v) is 3.13. The van der Waals surface area contributed by atoms with Crippen molar-refractivity contribution in [2.24, 2.45) is 0 Å². The first-order valence-electron chi connectivity index (χ1n) is 5.65. The van der Waals surface area contributed by atoms with Gasteiger partial charge < -0.3 is 20.7 Å². The van der Waals surface area contributed by atoms with Gasteiger partial charge >= 0.3 is 0 Å². The lowest BCUT2D eigenvalue weighted by atomic mass is 10.1. The lowest BCUT2D eigenvalue weighted by Crippen LogP contribution is -2.29. The monoisotopic (exact) mass is 269 g/mol. The minimum absolute atomic E-state index is 0.187. The van der Waals surface area contributed by atoms with Crippen molar-refractivity contribution in [3.05, 3.63) is 12.7 Å². The Labute approximate surface area is 106 Å². The van der Waals surface area contributed by atoms with Gasteiger partial charge in [-0.1, -0.05) is 0 Å². The van der Waals surface area contributed by atoms with E-state index in [4.69, 9.17) is 15.6 Å². The molecule has 3 rings (SSSR count). The molecular weight excluding hydrogens is 257 g/mol. The van der Waals surface area contributed by atoms with Gasteiger partial charge in [-0.05, 0) is 0 Å². The molecule has 0 unspecified atom stereocenters. The number of nitrogen functional groups attached to an aromatic ring is 1. The van der Waals surface area contributed by atoms with Crippen LogP contribution in [0.3, 0.4) is 0 Å². The summed E-state index contributed by atoms with van der Waals surface area (Å²) in [6.45, 7) is -0.515. The van der Waals surface area contributed by atoms with E-state index in [1.165, 1.54) is 17.2 Å². The molecule has 8 nitrogen and oxygen atoms in total. The van der Waals surface area contributed by atoms with Gasteiger partial charge in [-0.3, -0.25) is 4.57 Å². The summed E-state index contributed by atoms with van der Waals surface area (Å²) in [6.07, 6.45) is -2.58. The molecule has 1 saturated heterocycles. The van der Waals surface area contributed by atoms with Crippen molar-refractivity contribution in [2.45, 2.75) is 24.6 Å². The lowest BCUT2D eigenvalue weighted by molar-refractivity contribution is -0.0495. The SMILES string of the molecule is Nc1ncnc2c1ncn2[C@H]1O[C@@H](CO)[C@@H](F)[C@@H]1O. The van der Waals surface area contributed by atoms with Gasteiger partial charge in [0.05, 0.1) is 12.9 Å². The summed E-state index contributed by atoms with van der Waals surface area (Å²) >= 11 is 0. The third-order valence-electron chi connectivity index (χ3n) is 3.13. The number of rotatable bonds is 2. The predicted molar refractivity (Wildman–Crippen MR) is 61.6 cm³/mol. The number of halogens is 1. The minimum atomic E-state index is -1.67. The Kier molecular flexibility index (Phi) is 2.81. The number of aliphatic hydroxyl groups is 2. The van der Waals surface area contributed by atoms with E-state index in [1.807, 2.05) is 0 Å². The van der Waals surface area contributed by atoms with Gasteiger partial charge in [-0.25, -0.2) is 19.3 Å². The maximum Gasteiger partial charge on any atom is 0.167 e. The lowest BCUT2D eigenvalue weighted by Gasteiger charge is -2.15. The third kappa shape index (κ3) is 1.74. The summed E-state index contributed by atoms with van der Waals surface area (Å²) in [5.41, 5.74) is 6.32. The van der Waals surface area contributed by atoms with Crippen molar-refractivity contribution in [1.82, 2.24) is 19.5 Å². The van der Waals surface area contributed by atoms with E-state index in [1.54, 1.807) is 0 Å². The second-order valence-electron chi connectivity index (χ2n) is 4.27. The number of hydrogen-bond acceptors (Lipinski definition) is 7. The average Bonchev–Trinajstić information content (AvgIpc) is 2.94. The summed E-state index contributed by atoms with van der Waals surface area (Å²) in [4.78, 5) is 11.8. The second-order valence-corrected chi connectivity index (χ2v) is 4.27. The summed E-state index contributed by atoms with van der Waals surface area (Å²) in [5.74, 6) is 0.187. The second kappa shape index (κ2) is 4.37. The van der Waals surface area contributed by atoms with E-state index in [0.717, 1.165) is 0 Å².